The number of ether oxygens (including phenoxy) is 2. The zero-order chi connectivity index (χ0) is 23.6. The third kappa shape index (κ3) is 7.97. The Hall–Kier alpha value is -1.10. The molecule has 188 valence electrons. The van der Waals surface area contributed by atoms with Crippen LogP contribution in [0.25, 0.3) is 0 Å². The Morgan fingerprint density at radius 3 is 1.97 bits per heavy atom. The predicted octanol–water partition coefficient (Wildman–Crippen LogP) is 7.48. The molecule has 5 heteroatoms. The fourth-order valence-corrected chi connectivity index (χ4v) is 8.17. The number of halogens is 2. The Morgan fingerprint density at radius 1 is 0.818 bits per heavy atom. The van der Waals surface area contributed by atoms with Crippen LogP contribution in [0.2, 0.25) is 6.04 Å². The van der Waals surface area contributed by atoms with Crippen molar-refractivity contribution in [1.29, 1.82) is 0 Å². The van der Waals surface area contributed by atoms with Gasteiger partial charge in [0.1, 0.15) is 0 Å². The number of hydrogen-bond acceptors (Lipinski definition) is 2. The van der Waals surface area contributed by atoms with Gasteiger partial charge in [0.15, 0.2) is 11.5 Å². The molecule has 2 fully saturated rings. The first-order valence-electron chi connectivity index (χ1n) is 13.8. The zero-order valence-corrected chi connectivity index (χ0v) is 22.6. The molecule has 0 bridgehead atoms. The van der Waals surface area contributed by atoms with Gasteiger partial charge in [-0.25, -0.2) is 8.78 Å². The van der Waals surface area contributed by atoms with Gasteiger partial charge in [0, 0.05) is 12.8 Å². The smallest absolute Gasteiger partial charge is 0.238 e. The predicted molar refractivity (Wildman–Crippen MR) is 137 cm³/mol. The second-order valence-corrected chi connectivity index (χ2v) is 12.3. The quantitative estimate of drug-likeness (QED) is 0.289. The Labute approximate surface area is 203 Å². The van der Waals surface area contributed by atoms with Crippen LogP contribution < -0.4 is 14.7 Å². The molecule has 2 nitrogen and oxygen atoms in total. The van der Waals surface area contributed by atoms with E-state index in [4.69, 9.17) is 9.47 Å². The van der Waals surface area contributed by atoms with E-state index in [2.05, 4.69) is 6.92 Å². The maximum absolute atomic E-state index is 14.1. The molecule has 1 aromatic rings. The molecule has 2 aliphatic carbocycles. The van der Waals surface area contributed by atoms with E-state index >= 15 is 0 Å². The van der Waals surface area contributed by atoms with Crippen LogP contribution in [-0.4, -0.2) is 22.2 Å². The summed E-state index contributed by atoms with van der Waals surface area (Å²) in [6, 6.07) is 6.86. The molecule has 3 rings (SSSR count). The molecule has 0 heterocycles. The van der Waals surface area contributed by atoms with Gasteiger partial charge in [-0.15, -0.1) is 0 Å². The largest absolute Gasteiger partial charge is 0.457 e. The lowest BCUT2D eigenvalue weighted by Gasteiger charge is -2.38. The normalized spacial score (nSPS) is 28.0. The molecule has 0 N–H and O–H groups in total. The highest BCUT2D eigenvalue weighted by molar-refractivity contribution is 6.54. The highest BCUT2D eigenvalue weighted by Crippen LogP contribution is 2.43. The van der Waals surface area contributed by atoms with Gasteiger partial charge >= 0.3 is 0 Å². The molecule has 0 amide bonds. The van der Waals surface area contributed by atoms with Gasteiger partial charge in [-0.3, -0.25) is 0 Å². The van der Waals surface area contributed by atoms with E-state index in [9.17, 15) is 8.78 Å². The summed E-state index contributed by atoms with van der Waals surface area (Å²) >= 11 is 0. The average Bonchev–Trinajstić information content (AvgIpc) is 2.85. The van der Waals surface area contributed by atoms with Crippen molar-refractivity contribution in [2.45, 2.75) is 117 Å². The number of alkyl halides is 2. The maximum Gasteiger partial charge on any atom is 0.238 e. The Kier molecular flexibility index (Phi) is 11.0. The van der Waals surface area contributed by atoms with Gasteiger partial charge in [-0.2, -0.15) is 0 Å². The molecule has 0 radical (unpaired) electrons. The van der Waals surface area contributed by atoms with E-state index in [-0.39, 0.29) is 12.8 Å². The van der Waals surface area contributed by atoms with E-state index in [1.165, 1.54) is 70.3 Å². The summed E-state index contributed by atoms with van der Waals surface area (Å²) in [5, 5.41) is 1.07. The lowest BCUT2D eigenvalue weighted by molar-refractivity contribution is 0.0390. The molecule has 0 saturated heterocycles. The van der Waals surface area contributed by atoms with Crippen LogP contribution in [0.5, 0.6) is 11.5 Å². The van der Waals surface area contributed by atoms with E-state index in [1.54, 1.807) is 19.9 Å². The number of hydrogen-bond donors (Lipinski definition) is 0. The number of para-hydroxylation sites is 1. The highest BCUT2D eigenvalue weighted by Gasteiger charge is 2.31. The van der Waals surface area contributed by atoms with Gasteiger partial charge in [-0.1, -0.05) is 77.5 Å². The highest BCUT2D eigenvalue weighted by atomic mass is 28.2. The van der Waals surface area contributed by atoms with Crippen LogP contribution in [0.15, 0.2) is 18.2 Å². The summed E-state index contributed by atoms with van der Waals surface area (Å²) in [6.07, 6.45) is 11.8. The lowest BCUT2D eigenvalue weighted by atomic mass is 9.69. The summed E-state index contributed by atoms with van der Waals surface area (Å²) < 4.78 is 39.1. The molecule has 2 atom stereocenters. The second-order valence-electron chi connectivity index (χ2n) is 10.5. The minimum atomic E-state index is -1.39. The molecule has 0 aliphatic heterocycles. The summed E-state index contributed by atoms with van der Waals surface area (Å²) in [7, 11) is -0.644. The molecule has 1 aromatic carbocycles. The summed E-state index contributed by atoms with van der Waals surface area (Å²) in [5.74, 6) is 4.48. The third-order valence-electron chi connectivity index (χ3n) is 8.17. The van der Waals surface area contributed by atoms with E-state index in [1.807, 2.05) is 12.1 Å². The number of rotatable bonds is 12. The lowest BCUT2D eigenvalue weighted by Crippen LogP contribution is -2.28. The van der Waals surface area contributed by atoms with Gasteiger partial charge in [0.25, 0.3) is 0 Å². The first-order chi connectivity index (χ1) is 16.0. The maximum atomic E-state index is 14.1. The van der Waals surface area contributed by atoms with Crippen LogP contribution in [0.1, 0.15) is 97.8 Å². The fourth-order valence-electron chi connectivity index (χ4n) is 6.08. The van der Waals surface area contributed by atoms with Crippen molar-refractivity contribution in [3.8, 4) is 11.5 Å². The van der Waals surface area contributed by atoms with Crippen LogP contribution in [0, 0.1) is 23.7 Å². The zero-order valence-electron chi connectivity index (χ0n) is 21.2. The summed E-state index contributed by atoms with van der Waals surface area (Å²) in [4.78, 5) is 0. The van der Waals surface area contributed by atoms with Crippen LogP contribution in [-0.2, 0) is 0 Å². The van der Waals surface area contributed by atoms with Gasteiger partial charge in [0.05, 0.1) is 9.52 Å². The van der Waals surface area contributed by atoms with Crippen molar-refractivity contribution in [1.82, 2.24) is 0 Å². The molecule has 33 heavy (non-hydrogen) atoms. The van der Waals surface area contributed by atoms with E-state index in [0.29, 0.717) is 11.5 Å². The van der Waals surface area contributed by atoms with Crippen LogP contribution in [0.4, 0.5) is 8.78 Å². The molecule has 0 aromatic heterocycles. The first-order valence-corrected chi connectivity index (χ1v) is 15.5. The topological polar surface area (TPSA) is 18.5 Å². The minimum absolute atomic E-state index is 0.261. The van der Waals surface area contributed by atoms with Gasteiger partial charge in [-0.05, 0) is 60.6 Å². The van der Waals surface area contributed by atoms with Crippen molar-refractivity contribution >= 4 is 14.7 Å². The van der Waals surface area contributed by atoms with Crippen molar-refractivity contribution in [2.24, 2.45) is 23.7 Å². The SMILES string of the molecule is CCC[C@H]1CC[C@H](C2CCC(C[SiH2]c3cccc(OC(F)CC)c3OC(F)CC)CC2)CC1. The van der Waals surface area contributed by atoms with E-state index in [0.717, 1.165) is 28.9 Å². The fraction of sp³-hybridized carbons (Fsp3) is 0.786. The minimum Gasteiger partial charge on any atom is -0.457 e. The average molecular weight is 481 g/mol. The van der Waals surface area contributed by atoms with Crippen molar-refractivity contribution < 1.29 is 18.3 Å². The summed E-state index contributed by atoms with van der Waals surface area (Å²) in [5.41, 5.74) is 0. The molecular weight excluding hydrogens is 434 g/mol. The van der Waals surface area contributed by atoms with Crippen molar-refractivity contribution in [3.05, 3.63) is 18.2 Å². The van der Waals surface area contributed by atoms with Crippen molar-refractivity contribution in [2.75, 3.05) is 0 Å². The van der Waals surface area contributed by atoms with Crippen LogP contribution in [0.3, 0.4) is 0 Å². The van der Waals surface area contributed by atoms with Gasteiger partial charge in [0.2, 0.25) is 12.7 Å². The Balaban J connectivity index is 1.52. The first kappa shape index (κ1) is 26.5. The molecular formula is C28H46F2O2Si. The second kappa shape index (κ2) is 13.7. The molecule has 2 aliphatic rings. The van der Waals surface area contributed by atoms with E-state index < -0.39 is 22.2 Å². The molecule has 0 spiro atoms. The van der Waals surface area contributed by atoms with Crippen LogP contribution >= 0.6 is 0 Å². The third-order valence-corrected chi connectivity index (χ3v) is 10.4. The number of benzene rings is 1. The molecule has 2 saturated carbocycles. The molecule has 2 unspecified atom stereocenters. The summed E-state index contributed by atoms with van der Waals surface area (Å²) in [6.45, 7) is 5.81. The van der Waals surface area contributed by atoms with Gasteiger partial charge < -0.3 is 9.47 Å². The van der Waals surface area contributed by atoms with Crippen molar-refractivity contribution in [3.63, 3.8) is 0 Å². The monoisotopic (exact) mass is 480 g/mol. The Bertz CT molecular complexity index is 684. The standard InChI is InChI=1S/C28H46F2O2Si/c1-4-8-20-11-15-22(16-12-20)23-17-13-21(14-18-23)19-33-25-10-7-9-24(31-26(29)5-2)28(25)32-27(30)6-3/h7,9-10,20-23,26-27H,4-6,8,11-19,33H2,1-3H3/t20-,21?,22-,23?,26?,27?. The Morgan fingerprint density at radius 2 is 1.39 bits per heavy atom.